The van der Waals surface area contributed by atoms with E-state index in [9.17, 15) is 8.42 Å². The zero-order valence-electron chi connectivity index (χ0n) is 16.4. The van der Waals surface area contributed by atoms with Gasteiger partial charge >= 0.3 is 0 Å². The molecule has 2 aromatic heterocycles. The minimum Gasteiger partial charge on any atom is -0.381 e. The van der Waals surface area contributed by atoms with Gasteiger partial charge in [-0.15, -0.1) is 0 Å². The van der Waals surface area contributed by atoms with Crippen LogP contribution in [0.1, 0.15) is 49.9 Å². The van der Waals surface area contributed by atoms with Crippen LogP contribution in [0.3, 0.4) is 0 Å². The molecule has 1 saturated heterocycles. The van der Waals surface area contributed by atoms with Crippen LogP contribution in [0.4, 0.5) is 0 Å². The SMILES string of the molecule is O=S(=O)(c1cccc2nsnc12)N1CCCCC1c1nc(CCOCC2CC2)no1. The van der Waals surface area contributed by atoms with Crippen molar-refractivity contribution in [2.45, 2.75) is 49.5 Å². The Bertz CT molecular complexity index is 1120. The van der Waals surface area contributed by atoms with Gasteiger partial charge in [0.05, 0.1) is 18.3 Å². The van der Waals surface area contributed by atoms with Gasteiger partial charge in [0, 0.05) is 19.6 Å². The molecule has 0 bridgehead atoms. The van der Waals surface area contributed by atoms with Crippen LogP contribution in [0, 0.1) is 5.92 Å². The van der Waals surface area contributed by atoms with Crippen LogP contribution in [0.15, 0.2) is 27.6 Å². The zero-order chi connectivity index (χ0) is 20.6. The van der Waals surface area contributed by atoms with E-state index in [1.807, 2.05) is 0 Å². The predicted molar refractivity (Wildman–Crippen MR) is 109 cm³/mol. The first-order valence-electron chi connectivity index (χ1n) is 10.3. The molecule has 1 atom stereocenters. The fourth-order valence-electron chi connectivity index (χ4n) is 3.76. The number of sulfonamides is 1. The van der Waals surface area contributed by atoms with Crippen molar-refractivity contribution in [1.29, 1.82) is 0 Å². The molecular weight excluding hydrogens is 426 g/mol. The maximum absolute atomic E-state index is 13.5. The lowest BCUT2D eigenvalue weighted by Crippen LogP contribution is -2.38. The number of piperidine rings is 1. The molecule has 1 unspecified atom stereocenters. The van der Waals surface area contributed by atoms with Crippen molar-refractivity contribution in [3.63, 3.8) is 0 Å². The van der Waals surface area contributed by atoms with Gasteiger partial charge in [-0.1, -0.05) is 17.6 Å². The third-order valence-electron chi connectivity index (χ3n) is 5.58. The van der Waals surface area contributed by atoms with E-state index in [1.54, 1.807) is 18.2 Å². The van der Waals surface area contributed by atoms with Crippen molar-refractivity contribution in [3.05, 3.63) is 29.9 Å². The van der Waals surface area contributed by atoms with Gasteiger partial charge in [-0.2, -0.15) is 18.0 Å². The number of fused-ring (bicyclic) bond motifs is 1. The van der Waals surface area contributed by atoms with E-state index in [-0.39, 0.29) is 4.90 Å². The maximum Gasteiger partial charge on any atom is 0.246 e. The first-order valence-corrected chi connectivity index (χ1v) is 12.4. The molecule has 0 amide bonds. The highest BCUT2D eigenvalue weighted by atomic mass is 32.2. The zero-order valence-corrected chi connectivity index (χ0v) is 18.1. The third kappa shape index (κ3) is 3.98. The number of nitrogens with zero attached hydrogens (tertiary/aromatic N) is 5. The monoisotopic (exact) mass is 449 g/mol. The summed E-state index contributed by atoms with van der Waals surface area (Å²) in [5.74, 6) is 1.61. The average Bonchev–Trinajstić information content (AvgIpc) is 3.25. The standard InChI is InChI=1S/C19H23N5O4S2/c25-30(26,16-6-3-4-14-18(16)23-29-22-14)24-10-2-1-5-15(24)19-20-17(21-28-19)9-11-27-12-13-7-8-13/h3-4,6,13,15H,1-2,5,7-12H2. The van der Waals surface area contributed by atoms with Crippen LogP contribution in [-0.4, -0.2) is 51.4 Å². The fourth-order valence-corrected chi connectivity index (χ4v) is 6.16. The summed E-state index contributed by atoms with van der Waals surface area (Å²) >= 11 is 1.01. The molecule has 11 heteroatoms. The molecule has 3 heterocycles. The van der Waals surface area contributed by atoms with Gasteiger partial charge in [-0.25, -0.2) is 8.42 Å². The predicted octanol–water partition coefficient (Wildman–Crippen LogP) is 2.96. The number of aromatic nitrogens is 4. The molecule has 0 N–H and O–H groups in total. The highest BCUT2D eigenvalue weighted by Crippen LogP contribution is 2.36. The van der Waals surface area contributed by atoms with Gasteiger partial charge < -0.3 is 9.26 Å². The minimum absolute atomic E-state index is 0.175. The highest BCUT2D eigenvalue weighted by molar-refractivity contribution is 7.89. The van der Waals surface area contributed by atoms with Crippen LogP contribution < -0.4 is 0 Å². The summed E-state index contributed by atoms with van der Waals surface area (Å²) in [7, 11) is -3.79. The van der Waals surface area contributed by atoms with Gasteiger partial charge in [0.2, 0.25) is 15.9 Å². The summed E-state index contributed by atoms with van der Waals surface area (Å²) in [4.78, 5) is 4.66. The average molecular weight is 450 g/mol. The van der Waals surface area contributed by atoms with Crippen molar-refractivity contribution in [1.82, 2.24) is 23.2 Å². The third-order valence-corrected chi connectivity index (χ3v) is 8.06. The second-order valence-electron chi connectivity index (χ2n) is 7.83. The van der Waals surface area contributed by atoms with Crippen LogP contribution in [0.25, 0.3) is 11.0 Å². The number of hydrogen-bond acceptors (Lipinski definition) is 9. The Morgan fingerprint density at radius 1 is 1.20 bits per heavy atom. The topological polar surface area (TPSA) is 111 Å². The largest absolute Gasteiger partial charge is 0.381 e. The van der Waals surface area contributed by atoms with Crippen LogP contribution in [-0.2, 0) is 21.2 Å². The van der Waals surface area contributed by atoms with Crippen molar-refractivity contribution >= 4 is 32.8 Å². The smallest absolute Gasteiger partial charge is 0.246 e. The maximum atomic E-state index is 13.5. The van der Waals surface area contributed by atoms with Gasteiger partial charge in [-0.05, 0) is 43.7 Å². The molecule has 1 aliphatic heterocycles. The molecule has 1 aliphatic carbocycles. The number of hydrogen-bond donors (Lipinski definition) is 0. The molecule has 0 spiro atoms. The Kier molecular flexibility index (Phi) is 5.52. The second kappa shape index (κ2) is 8.29. The molecule has 2 fully saturated rings. The normalized spacial score (nSPS) is 20.7. The Balaban J connectivity index is 1.36. The molecule has 1 aromatic carbocycles. The lowest BCUT2D eigenvalue weighted by Gasteiger charge is -2.32. The first kappa shape index (κ1) is 20.0. The summed E-state index contributed by atoms with van der Waals surface area (Å²) in [6.07, 6.45) is 5.40. The van der Waals surface area contributed by atoms with Crippen molar-refractivity contribution in [3.8, 4) is 0 Å². The summed E-state index contributed by atoms with van der Waals surface area (Å²) in [6.45, 7) is 1.74. The van der Waals surface area contributed by atoms with Gasteiger partial charge in [0.25, 0.3) is 0 Å². The summed E-state index contributed by atoms with van der Waals surface area (Å²) in [5.41, 5.74) is 0.992. The second-order valence-corrected chi connectivity index (χ2v) is 10.2. The lowest BCUT2D eigenvalue weighted by atomic mass is 10.1. The highest BCUT2D eigenvalue weighted by Gasteiger charge is 2.38. The summed E-state index contributed by atoms with van der Waals surface area (Å²) in [5, 5.41) is 4.05. The van der Waals surface area contributed by atoms with Gasteiger partial charge in [0.15, 0.2) is 5.82 Å². The number of ether oxygens (including phenoxy) is 1. The Morgan fingerprint density at radius 3 is 2.97 bits per heavy atom. The quantitative estimate of drug-likeness (QED) is 0.483. The van der Waals surface area contributed by atoms with E-state index in [0.717, 1.165) is 31.2 Å². The van der Waals surface area contributed by atoms with Crippen molar-refractivity contribution in [2.75, 3.05) is 19.8 Å². The van der Waals surface area contributed by atoms with Crippen LogP contribution >= 0.6 is 11.7 Å². The molecule has 160 valence electrons. The lowest BCUT2D eigenvalue weighted by molar-refractivity contribution is 0.125. The summed E-state index contributed by atoms with van der Waals surface area (Å²) < 4.78 is 48.0. The van der Waals surface area contributed by atoms with Crippen molar-refractivity contribution < 1.29 is 17.7 Å². The van der Waals surface area contributed by atoms with E-state index < -0.39 is 16.1 Å². The number of rotatable bonds is 8. The molecule has 2 aliphatic rings. The van der Waals surface area contributed by atoms with E-state index in [0.29, 0.717) is 54.7 Å². The van der Waals surface area contributed by atoms with E-state index >= 15 is 0 Å². The van der Waals surface area contributed by atoms with E-state index in [4.69, 9.17) is 9.26 Å². The van der Waals surface area contributed by atoms with Gasteiger partial charge in [0.1, 0.15) is 22.0 Å². The molecule has 5 rings (SSSR count). The van der Waals surface area contributed by atoms with Gasteiger partial charge in [-0.3, -0.25) is 0 Å². The Hall–Kier alpha value is -1.95. The van der Waals surface area contributed by atoms with Crippen molar-refractivity contribution in [2.24, 2.45) is 5.92 Å². The van der Waals surface area contributed by atoms with E-state index in [2.05, 4.69) is 18.9 Å². The summed E-state index contributed by atoms with van der Waals surface area (Å²) in [6, 6.07) is 4.57. The number of benzene rings is 1. The van der Waals surface area contributed by atoms with Crippen LogP contribution in [0.5, 0.6) is 0 Å². The molecule has 1 saturated carbocycles. The minimum atomic E-state index is -3.79. The first-order chi connectivity index (χ1) is 14.6. The molecular formula is C19H23N5O4S2. The van der Waals surface area contributed by atoms with Crippen LogP contribution in [0.2, 0.25) is 0 Å². The molecule has 30 heavy (non-hydrogen) atoms. The molecule has 9 nitrogen and oxygen atoms in total. The fraction of sp³-hybridized carbons (Fsp3) is 0.579. The Labute approximate surface area is 178 Å². The molecule has 0 radical (unpaired) electrons. The Morgan fingerprint density at radius 2 is 2.10 bits per heavy atom. The molecule has 3 aromatic rings. The van der Waals surface area contributed by atoms with E-state index in [1.165, 1.54) is 17.1 Å².